The van der Waals surface area contributed by atoms with Crippen LogP contribution in [-0.4, -0.2) is 61.1 Å². The predicted molar refractivity (Wildman–Crippen MR) is 142 cm³/mol. The molecule has 3 N–H and O–H groups in total. The van der Waals surface area contributed by atoms with E-state index >= 15 is 0 Å². The van der Waals surface area contributed by atoms with Gasteiger partial charge >= 0.3 is 12.1 Å². The van der Waals surface area contributed by atoms with Crippen molar-refractivity contribution in [3.63, 3.8) is 0 Å². The molecule has 0 saturated heterocycles. The highest BCUT2D eigenvalue weighted by molar-refractivity contribution is 5.94. The maximum absolute atomic E-state index is 12.8. The summed E-state index contributed by atoms with van der Waals surface area (Å²) in [6, 6.07) is 17.0. The van der Waals surface area contributed by atoms with Crippen LogP contribution in [0.15, 0.2) is 65.6 Å². The molecule has 10 nitrogen and oxygen atoms in total. The normalized spacial score (nSPS) is 11.4. The lowest BCUT2D eigenvalue weighted by molar-refractivity contribution is -0.192. The molecule has 212 valence electrons. The molecule has 0 spiro atoms. The summed E-state index contributed by atoms with van der Waals surface area (Å²) in [5.74, 6) is -2.95. The van der Waals surface area contributed by atoms with Crippen molar-refractivity contribution in [3.05, 3.63) is 93.5 Å². The number of carboxylic acid groups (broad SMARTS) is 1. The fourth-order valence-electron chi connectivity index (χ4n) is 3.63. The zero-order valence-electron chi connectivity index (χ0n) is 22.1. The quantitative estimate of drug-likeness (QED) is 0.301. The van der Waals surface area contributed by atoms with Crippen LogP contribution >= 0.6 is 0 Å². The van der Waals surface area contributed by atoms with E-state index < -0.39 is 12.1 Å². The summed E-state index contributed by atoms with van der Waals surface area (Å²) in [4.78, 5) is 38.6. The Morgan fingerprint density at radius 3 is 2.50 bits per heavy atom. The Balaban J connectivity index is 0.000000559. The number of carbonyl (C=O) groups is 2. The van der Waals surface area contributed by atoms with Gasteiger partial charge in [-0.25, -0.2) is 9.48 Å². The van der Waals surface area contributed by atoms with Crippen LogP contribution in [-0.2, 0) is 24.4 Å². The summed E-state index contributed by atoms with van der Waals surface area (Å²) in [6.45, 7) is 5.80. The molecular formula is C27H29F3N6O4. The molecule has 2 aromatic heterocycles. The lowest BCUT2D eigenvalue weighted by Gasteiger charge is -2.18. The Kier molecular flexibility index (Phi) is 9.78. The van der Waals surface area contributed by atoms with E-state index in [1.165, 1.54) is 6.07 Å². The number of aliphatic carboxylic acids is 1. The van der Waals surface area contributed by atoms with Gasteiger partial charge < -0.3 is 15.4 Å². The molecule has 0 atom stereocenters. The number of aromatic amines is 1. The Morgan fingerprint density at radius 2 is 1.82 bits per heavy atom. The maximum atomic E-state index is 12.8. The van der Waals surface area contributed by atoms with Crippen molar-refractivity contribution < 1.29 is 27.9 Å². The van der Waals surface area contributed by atoms with Crippen LogP contribution in [0.4, 0.5) is 13.2 Å². The smallest absolute Gasteiger partial charge is 0.475 e. The van der Waals surface area contributed by atoms with E-state index in [4.69, 9.17) is 9.90 Å². The van der Waals surface area contributed by atoms with E-state index in [0.717, 1.165) is 34.3 Å². The van der Waals surface area contributed by atoms with E-state index in [0.29, 0.717) is 18.2 Å². The second-order valence-electron chi connectivity index (χ2n) is 9.31. The highest BCUT2D eigenvalue weighted by Gasteiger charge is 2.38. The standard InChI is InChI=1S/C25H28N6O2.C2HF3O2/c1-17(2)30(3)15-21-16-31(29-28-21)14-18-7-6-8-19(11-18)25(33)26-13-20-12-24(32)27-23-10-5-4-9-22(20)23;3-2(4,5)1(6)7/h4-12,16-17H,13-15H2,1-3H3,(H,26,33)(H,27,32);(H,6,7). The Hall–Kier alpha value is -4.52. The van der Waals surface area contributed by atoms with Gasteiger partial charge in [0.25, 0.3) is 5.91 Å². The average Bonchev–Trinajstić information content (AvgIpc) is 3.33. The molecule has 2 heterocycles. The highest BCUT2D eigenvalue weighted by atomic mass is 19.4. The second-order valence-corrected chi connectivity index (χ2v) is 9.31. The third-order valence-electron chi connectivity index (χ3n) is 5.93. The summed E-state index contributed by atoms with van der Waals surface area (Å²) in [7, 11) is 2.06. The molecule has 0 fully saturated rings. The van der Waals surface area contributed by atoms with Crippen molar-refractivity contribution in [1.82, 2.24) is 30.2 Å². The summed E-state index contributed by atoms with van der Waals surface area (Å²) in [6.07, 6.45) is -3.15. The van der Waals surface area contributed by atoms with Gasteiger partial charge in [0, 0.05) is 41.7 Å². The summed E-state index contributed by atoms with van der Waals surface area (Å²) >= 11 is 0. The first-order valence-corrected chi connectivity index (χ1v) is 12.2. The van der Waals surface area contributed by atoms with Gasteiger partial charge in [0.15, 0.2) is 0 Å². The summed E-state index contributed by atoms with van der Waals surface area (Å²) < 4.78 is 33.5. The van der Waals surface area contributed by atoms with Gasteiger partial charge in [-0.2, -0.15) is 13.2 Å². The number of carbonyl (C=O) groups excluding carboxylic acids is 1. The van der Waals surface area contributed by atoms with Gasteiger partial charge in [0.2, 0.25) is 5.56 Å². The first-order valence-electron chi connectivity index (χ1n) is 12.2. The van der Waals surface area contributed by atoms with Gasteiger partial charge in [-0.3, -0.25) is 14.5 Å². The number of para-hydroxylation sites is 1. The van der Waals surface area contributed by atoms with Crippen LogP contribution in [0.2, 0.25) is 0 Å². The van der Waals surface area contributed by atoms with Crippen LogP contribution in [0.3, 0.4) is 0 Å². The molecule has 2 aromatic carbocycles. The number of H-pyrrole nitrogens is 1. The van der Waals surface area contributed by atoms with Crippen molar-refractivity contribution in [3.8, 4) is 0 Å². The summed E-state index contributed by atoms with van der Waals surface area (Å²) in [5.41, 5.74) is 3.76. The van der Waals surface area contributed by atoms with Crippen LogP contribution in [0.1, 0.15) is 41.0 Å². The third kappa shape index (κ3) is 8.50. The zero-order chi connectivity index (χ0) is 29.4. The Morgan fingerprint density at radius 1 is 1.12 bits per heavy atom. The topological polar surface area (TPSA) is 133 Å². The molecular weight excluding hydrogens is 529 g/mol. The van der Waals surface area contributed by atoms with E-state index in [-0.39, 0.29) is 18.0 Å². The second kappa shape index (κ2) is 13.0. The minimum absolute atomic E-state index is 0.188. The number of nitrogens with one attached hydrogen (secondary N) is 2. The number of rotatable bonds is 8. The number of alkyl halides is 3. The van der Waals surface area contributed by atoms with Crippen molar-refractivity contribution in [1.29, 1.82) is 0 Å². The number of hydrogen-bond donors (Lipinski definition) is 3. The van der Waals surface area contributed by atoms with E-state index in [2.05, 4.69) is 46.4 Å². The molecule has 0 aliphatic heterocycles. The molecule has 13 heteroatoms. The fraction of sp³-hybridized carbons (Fsp3) is 0.296. The van der Waals surface area contributed by atoms with Crippen molar-refractivity contribution >= 4 is 22.8 Å². The SMILES string of the molecule is CC(C)N(C)Cc1cn(Cc2cccc(C(=O)NCc3cc(=O)[nH]c4ccccc34)c2)nn1.O=C(O)C(F)(F)F. The fourth-order valence-corrected chi connectivity index (χ4v) is 3.63. The monoisotopic (exact) mass is 558 g/mol. The lowest BCUT2D eigenvalue weighted by atomic mass is 10.1. The largest absolute Gasteiger partial charge is 0.490 e. The number of aromatic nitrogens is 4. The van der Waals surface area contributed by atoms with Crippen LogP contribution < -0.4 is 10.9 Å². The van der Waals surface area contributed by atoms with Crippen molar-refractivity contribution in [2.75, 3.05) is 7.05 Å². The van der Waals surface area contributed by atoms with E-state index in [1.54, 1.807) is 10.7 Å². The zero-order valence-corrected chi connectivity index (χ0v) is 22.1. The maximum Gasteiger partial charge on any atom is 0.490 e. The van der Waals surface area contributed by atoms with Gasteiger partial charge in [0.1, 0.15) is 0 Å². The van der Waals surface area contributed by atoms with Gasteiger partial charge in [-0.15, -0.1) is 5.10 Å². The summed E-state index contributed by atoms with van der Waals surface area (Å²) in [5, 5.41) is 19.4. The lowest BCUT2D eigenvalue weighted by Crippen LogP contribution is -2.25. The number of amides is 1. The minimum atomic E-state index is -5.08. The van der Waals surface area contributed by atoms with Crippen molar-refractivity contribution in [2.45, 2.75) is 45.7 Å². The van der Waals surface area contributed by atoms with E-state index in [9.17, 15) is 22.8 Å². The van der Waals surface area contributed by atoms with Gasteiger partial charge in [0.05, 0.1) is 18.4 Å². The minimum Gasteiger partial charge on any atom is -0.475 e. The molecule has 0 bridgehead atoms. The molecule has 4 aromatic rings. The number of benzene rings is 2. The van der Waals surface area contributed by atoms with Crippen LogP contribution in [0.25, 0.3) is 10.9 Å². The number of fused-ring (bicyclic) bond motifs is 1. The molecule has 1 amide bonds. The number of carboxylic acids is 1. The third-order valence-corrected chi connectivity index (χ3v) is 5.93. The Bertz CT molecular complexity index is 1530. The Labute approximate surface area is 227 Å². The molecule has 4 rings (SSSR count). The molecule has 0 aliphatic rings. The number of nitrogens with zero attached hydrogens (tertiary/aromatic N) is 4. The molecule has 0 radical (unpaired) electrons. The highest BCUT2D eigenvalue weighted by Crippen LogP contribution is 2.15. The molecule has 40 heavy (non-hydrogen) atoms. The van der Waals surface area contributed by atoms with Gasteiger partial charge in [-0.1, -0.05) is 35.5 Å². The predicted octanol–water partition coefficient (Wildman–Crippen LogP) is 3.57. The average molecular weight is 559 g/mol. The van der Waals surface area contributed by atoms with Crippen molar-refractivity contribution in [2.24, 2.45) is 0 Å². The molecule has 0 unspecified atom stereocenters. The number of halogens is 3. The van der Waals surface area contributed by atoms with Gasteiger partial charge in [-0.05, 0) is 50.2 Å². The molecule has 0 saturated carbocycles. The number of pyridine rings is 1. The van der Waals surface area contributed by atoms with Crippen LogP contribution in [0, 0.1) is 0 Å². The van der Waals surface area contributed by atoms with Crippen LogP contribution in [0.5, 0.6) is 0 Å². The van der Waals surface area contributed by atoms with E-state index in [1.807, 2.05) is 48.7 Å². The molecule has 0 aliphatic carbocycles. The first-order chi connectivity index (χ1) is 18.8. The first kappa shape index (κ1) is 30.0. The number of hydrogen-bond acceptors (Lipinski definition) is 6.